The van der Waals surface area contributed by atoms with E-state index in [0.29, 0.717) is 17.9 Å². The molecule has 0 radical (unpaired) electrons. The van der Waals surface area contributed by atoms with Crippen LogP contribution in [0.4, 0.5) is 11.5 Å². The average molecular weight is 279 g/mol. The zero-order valence-electron chi connectivity index (χ0n) is 11.2. The molecule has 0 aliphatic heterocycles. The first-order valence-corrected chi connectivity index (χ1v) is 6.23. The van der Waals surface area contributed by atoms with Gasteiger partial charge in [0.2, 0.25) is 0 Å². The van der Waals surface area contributed by atoms with E-state index in [-0.39, 0.29) is 11.6 Å². The number of hydrogen-bond donors (Lipinski definition) is 2. The van der Waals surface area contributed by atoms with Crippen molar-refractivity contribution in [2.45, 2.75) is 0 Å². The SMILES string of the molecule is C=CCNC(=O)c1ccc(Nc2cccc(C#N)c2)nn1. The summed E-state index contributed by atoms with van der Waals surface area (Å²) in [4.78, 5) is 11.6. The number of carbonyl (C=O) groups excluding carboxylic acids is 1. The summed E-state index contributed by atoms with van der Waals surface area (Å²) in [5.41, 5.74) is 1.51. The molecule has 0 fully saturated rings. The van der Waals surface area contributed by atoms with Crippen molar-refractivity contribution in [3.63, 3.8) is 0 Å². The summed E-state index contributed by atoms with van der Waals surface area (Å²) < 4.78 is 0. The minimum absolute atomic E-state index is 0.230. The molecule has 2 rings (SSSR count). The summed E-state index contributed by atoms with van der Waals surface area (Å²) in [5, 5.41) is 22.2. The second kappa shape index (κ2) is 6.82. The van der Waals surface area contributed by atoms with E-state index in [1.807, 2.05) is 6.07 Å². The number of rotatable bonds is 5. The number of nitrogens with zero attached hydrogens (tertiary/aromatic N) is 3. The van der Waals surface area contributed by atoms with Crippen LogP contribution < -0.4 is 10.6 Å². The van der Waals surface area contributed by atoms with Gasteiger partial charge in [0.05, 0.1) is 11.6 Å². The first kappa shape index (κ1) is 14.2. The number of nitrogens with one attached hydrogen (secondary N) is 2. The topological polar surface area (TPSA) is 90.7 Å². The van der Waals surface area contributed by atoms with Crippen molar-refractivity contribution in [1.29, 1.82) is 5.26 Å². The largest absolute Gasteiger partial charge is 0.347 e. The van der Waals surface area contributed by atoms with E-state index in [4.69, 9.17) is 5.26 Å². The van der Waals surface area contributed by atoms with E-state index in [1.165, 1.54) is 0 Å². The van der Waals surface area contributed by atoms with Gasteiger partial charge >= 0.3 is 0 Å². The maximum atomic E-state index is 11.6. The Balaban J connectivity index is 2.07. The van der Waals surface area contributed by atoms with Crippen molar-refractivity contribution in [1.82, 2.24) is 15.5 Å². The van der Waals surface area contributed by atoms with Crippen LogP contribution in [0.3, 0.4) is 0 Å². The molecule has 0 saturated carbocycles. The molecule has 1 aromatic heterocycles. The van der Waals surface area contributed by atoms with Crippen molar-refractivity contribution < 1.29 is 4.79 Å². The van der Waals surface area contributed by atoms with Crippen molar-refractivity contribution in [2.75, 3.05) is 11.9 Å². The highest BCUT2D eigenvalue weighted by molar-refractivity contribution is 5.92. The van der Waals surface area contributed by atoms with E-state index in [0.717, 1.165) is 5.69 Å². The van der Waals surface area contributed by atoms with E-state index in [2.05, 4.69) is 33.5 Å². The Hall–Kier alpha value is -3.20. The van der Waals surface area contributed by atoms with Crippen molar-refractivity contribution in [3.8, 4) is 6.07 Å². The monoisotopic (exact) mass is 279 g/mol. The van der Waals surface area contributed by atoms with Gasteiger partial charge in [-0.2, -0.15) is 5.26 Å². The van der Waals surface area contributed by atoms with E-state index in [9.17, 15) is 4.79 Å². The van der Waals surface area contributed by atoms with Gasteiger partial charge in [-0.15, -0.1) is 16.8 Å². The Bertz CT molecular complexity index is 688. The number of hydrogen-bond acceptors (Lipinski definition) is 5. The summed E-state index contributed by atoms with van der Waals surface area (Å²) in [6.07, 6.45) is 1.59. The lowest BCUT2D eigenvalue weighted by atomic mass is 10.2. The van der Waals surface area contributed by atoms with Crippen LogP contribution >= 0.6 is 0 Å². The maximum absolute atomic E-state index is 11.6. The van der Waals surface area contributed by atoms with Crippen molar-refractivity contribution in [3.05, 3.63) is 60.3 Å². The zero-order valence-corrected chi connectivity index (χ0v) is 11.2. The third-order valence-corrected chi connectivity index (χ3v) is 2.57. The van der Waals surface area contributed by atoms with Crippen LogP contribution in [-0.2, 0) is 0 Å². The second-order valence-electron chi connectivity index (χ2n) is 4.12. The lowest BCUT2D eigenvalue weighted by Gasteiger charge is -2.06. The van der Waals surface area contributed by atoms with Gasteiger partial charge in [-0.1, -0.05) is 12.1 Å². The number of anilines is 2. The van der Waals surface area contributed by atoms with Gasteiger partial charge in [0.25, 0.3) is 5.91 Å². The van der Waals surface area contributed by atoms with E-state index >= 15 is 0 Å². The van der Waals surface area contributed by atoms with Gasteiger partial charge in [0.15, 0.2) is 11.5 Å². The lowest BCUT2D eigenvalue weighted by Crippen LogP contribution is -2.24. The summed E-state index contributed by atoms with van der Waals surface area (Å²) in [7, 11) is 0. The summed E-state index contributed by atoms with van der Waals surface area (Å²) in [6.45, 7) is 3.89. The summed E-state index contributed by atoms with van der Waals surface area (Å²) in [5.74, 6) is 0.186. The van der Waals surface area contributed by atoms with Crippen molar-refractivity contribution >= 4 is 17.4 Å². The Kier molecular flexibility index (Phi) is 4.62. The van der Waals surface area contributed by atoms with Gasteiger partial charge in [-0.3, -0.25) is 4.79 Å². The Morgan fingerprint density at radius 2 is 2.19 bits per heavy atom. The van der Waals surface area contributed by atoms with Gasteiger partial charge in [-0.25, -0.2) is 0 Å². The van der Waals surface area contributed by atoms with Crippen LogP contribution in [-0.4, -0.2) is 22.6 Å². The fourth-order valence-electron chi connectivity index (χ4n) is 1.59. The quantitative estimate of drug-likeness (QED) is 0.817. The van der Waals surface area contributed by atoms with Gasteiger partial charge in [0, 0.05) is 12.2 Å². The van der Waals surface area contributed by atoms with Gasteiger partial charge in [0.1, 0.15) is 0 Å². The Labute approximate surface area is 122 Å². The Morgan fingerprint density at radius 3 is 2.86 bits per heavy atom. The summed E-state index contributed by atoms with van der Waals surface area (Å²) >= 11 is 0. The second-order valence-corrected chi connectivity index (χ2v) is 4.12. The van der Waals surface area contributed by atoms with Crippen LogP contribution in [0.25, 0.3) is 0 Å². The van der Waals surface area contributed by atoms with Crippen molar-refractivity contribution in [2.24, 2.45) is 0 Å². The molecule has 0 saturated heterocycles. The van der Waals surface area contributed by atoms with Crippen LogP contribution in [0.1, 0.15) is 16.1 Å². The molecule has 0 aliphatic rings. The van der Waals surface area contributed by atoms with E-state index in [1.54, 1.807) is 36.4 Å². The first-order chi connectivity index (χ1) is 10.2. The number of amides is 1. The highest BCUT2D eigenvalue weighted by Crippen LogP contribution is 2.15. The summed E-state index contributed by atoms with van der Waals surface area (Å²) in [6, 6.07) is 12.3. The maximum Gasteiger partial charge on any atom is 0.272 e. The molecule has 1 aromatic carbocycles. The van der Waals surface area contributed by atoms with E-state index < -0.39 is 0 Å². The minimum atomic E-state index is -0.305. The highest BCUT2D eigenvalue weighted by atomic mass is 16.1. The molecule has 0 bridgehead atoms. The number of benzene rings is 1. The highest BCUT2D eigenvalue weighted by Gasteiger charge is 2.06. The predicted octanol–water partition coefficient (Wildman–Crippen LogP) is 2.01. The molecule has 104 valence electrons. The third kappa shape index (κ3) is 3.88. The molecule has 6 nitrogen and oxygen atoms in total. The standard InChI is InChI=1S/C15H13N5O/c1-2-8-17-15(21)13-6-7-14(20-19-13)18-12-5-3-4-11(9-12)10-16/h2-7,9H,1,8H2,(H,17,21)(H,18,20). The smallest absolute Gasteiger partial charge is 0.272 e. The number of nitriles is 1. The molecule has 0 aliphatic carbocycles. The van der Waals surface area contributed by atoms with Crippen LogP contribution in [0.15, 0.2) is 49.1 Å². The molecule has 0 spiro atoms. The number of carbonyl (C=O) groups is 1. The average Bonchev–Trinajstić information content (AvgIpc) is 2.53. The fourth-order valence-corrected chi connectivity index (χ4v) is 1.59. The fraction of sp³-hybridized carbons (Fsp3) is 0.0667. The molecule has 6 heteroatoms. The molecule has 2 aromatic rings. The zero-order chi connectivity index (χ0) is 15.1. The predicted molar refractivity (Wildman–Crippen MR) is 79.0 cm³/mol. The third-order valence-electron chi connectivity index (χ3n) is 2.57. The normalized spacial score (nSPS) is 9.48. The first-order valence-electron chi connectivity index (χ1n) is 6.23. The van der Waals surface area contributed by atoms with Gasteiger partial charge in [-0.05, 0) is 30.3 Å². The minimum Gasteiger partial charge on any atom is -0.347 e. The molecule has 0 unspecified atom stereocenters. The number of aromatic nitrogens is 2. The lowest BCUT2D eigenvalue weighted by molar-refractivity contribution is 0.0952. The van der Waals surface area contributed by atoms with Gasteiger partial charge < -0.3 is 10.6 Å². The molecular weight excluding hydrogens is 266 g/mol. The molecular formula is C15H13N5O. The molecule has 1 heterocycles. The van der Waals surface area contributed by atoms with Crippen LogP contribution in [0.5, 0.6) is 0 Å². The molecule has 1 amide bonds. The van der Waals surface area contributed by atoms with Crippen LogP contribution in [0, 0.1) is 11.3 Å². The molecule has 2 N–H and O–H groups in total. The van der Waals surface area contributed by atoms with Crippen LogP contribution in [0.2, 0.25) is 0 Å². The Morgan fingerprint density at radius 1 is 1.33 bits per heavy atom. The molecule has 0 atom stereocenters. The molecule has 21 heavy (non-hydrogen) atoms.